The average Bonchev–Trinajstić information content (AvgIpc) is 2.94. The molecule has 26 heavy (non-hydrogen) atoms. The summed E-state index contributed by atoms with van der Waals surface area (Å²) in [5.74, 6) is 0.00660. The van der Waals surface area contributed by atoms with Gasteiger partial charge in [0.25, 0.3) is 0 Å². The minimum atomic E-state index is -0.444. The van der Waals surface area contributed by atoms with Crippen molar-refractivity contribution < 1.29 is 23.8 Å². The molecule has 142 valence electrons. The van der Waals surface area contributed by atoms with Crippen molar-refractivity contribution >= 4 is 22.8 Å². The molecule has 1 aromatic heterocycles. The third-order valence-corrected chi connectivity index (χ3v) is 3.50. The SMILES string of the molecule is CC(=O)Oc1cc(OC(C)C)cc2[nH]c(C(=O)OCCCN(C)C)cc12. The zero-order valence-corrected chi connectivity index (χ0v) is 15.9. The van der Waals surface area contributed by atoms with Crippen molar-refractivity contribution in [3.8, 4) is 11.5 Å². The fourth-order valence-electron chi connectivity index (χ4n) is 2.49. The van der Waals surface area contributed by atoms with Crippen molar-refractivity contribution in [1.82, 2.24) is 9.88 Å². The summed E-state index contributed by atoms with van der Waals surface area (Å²) in [5.41, 5.74) is 0.944. The first kappa shape index (κ1) is 19.8. The Morgan fingerprint density at radius 3 is 2.54 bits per heavy atom. The third kappa shape index (κ3) is 5.49. The Hall–Kier alpha value is -2.54. The maximum atomic E-state index is 12.2. The van der Waals surface area contributed by atoms with E-state index < -0.39 is 11.9 Å². The van der Waals surface area contributed by atoms with Gasteiger partial charge in [-0.1, -0.05) is 0 Å². The van der Waals surface area contributed by atoms with Gasteiger partial charge >= 0.3 is 11.9 Å². The molecule has 7 heteroatoms. The summed E-state index contributed by atoms with van der Waals surface area (Å²) in [5, 5.41) is 0.622. The summed E-state index contributed by atoms with van der Waals surface area (Å²) in [6.07, 6.45) is 0.720. The van der Waals surface area contributed by atoms with Gasteiger partial charge in [-0.05, 0) is 40.4 Å². The smallest absolute Gasteiger partial charge is 0.354 e. The number of carbonyl (C=O) groups excluding carboxylic acids is 2. The zero-order chi connectivity index (χ0) is 19.3. The molecule has 0 saturated carbocycles. The van der Waals surface area contributed by atoms with E-state index in [0.29, 0.717) is 34.7 Å². The molecule has 0 aliphatic carbocycles. The molecule has 0 amide bonds. The van der Waals surface area contributed by atoms with Crippen LogP contribution in [-0.2, 0) is 9.53 Å². The highest BCUT2D eigenvalue weighted by Gasteiger charge is 2.16. The molecule has 0 saturated heterocycles. The number of hydrogen-bond acceptors (Lipinski definition) is 6. The average molecular weight is 362 g/mol. The van der Waals surface area contributed by atoms with Crippen molar-refractivity contribution in [2.24, 2.45) is 0 Å². The standard InChI is InChI=1S/C19H26N2O5/c1-12(2)25-14-9-16-15(18(10-14)26-13(3)22)11-17(20-16)19(23)24-8-6-7-21(4)5/h9-12,20H,6-8H2,1-5H3. The van der Waals surface area contributed by atoms with Crippen molar-refractivity contribution in [1.29, 1.82) is 0 Å². The predicted octanol–water partition coefficient (Wildman–Crippen LogP) is 2.99. The Morgan fingerprint density at radius 1 is 1.19 bits per heavy atom. The molecular weight excluding hydrogens is 336 g/mol. The number of ether oxygens (including phenoxy) is 3. The maximum Gasteiger partial charge on any atom is 0.354 e. The molecule has 0 atom stereocenters. The summed E-state index contributed by atoms with van der Waals surface area (Å²) in [6.45, 7) is 6.31. The molecule has 1 aromatic carbocycles. The highest BCUT2D eigenvalue weighted by atomic mass is 16.5. The van der Waals surface area contributed by atoms with Gasteiger partial charge in [0.1, 0.15) is 17.2 Å². The van der Waals surface area contributed by atoms with Crippen LogP contribution in [0.15, 0.2) is 18.2 Å². The number of H-pyrrole nitrogens is 1. The van der Waals surface area contributed by atoms with Crippen LogP contribution in [0.3, 0.4) is 0 Å². The molecule has 0 unspecified atom stereocenters. The van der Waals surface area contributed by atoms with Gasteiger partial charge < -0.3 is 24.1 Å². The number of rotatable bonds is 8. The number of aromatic nitrogens is 1. The van der Waals surface area contributed by atoms with Crippen molar-refractivity contribution in [2.75, 3.05) is 27.2 Å². The lowest BCUT2D eigenvalue weighted by Gasteiger charge is -2.11. The molecule has 2 rings (SSSR count). The molecule has 0 spiro atoms. The molecule has 0 bridgehead atoms. The minimum Gasteiger partial charge on any atom is -0.491 e. The van der Waals surface area contributed by atoms with Crippen LogP contribution < -0.4 is 9.47 Å². The van der Waals surface area contributed by atoms with Crippen molar-refractivity contribution in [2.45, 2.75) is 33.3 Å². The monoisotopic (exact) mass is 362 g/mol. The largest absolute Gasteiger partial charge is 0.491 e. The van der Waals surface area contributed by atoms with Crippen molar-refractivity contribution in [3.63, 3.8) is 0 Å². The second-order valence-corrected chi connectivity index (χ2v) is 6.62. The quantitative estimate of drug-likeness (QED) is 0.442. The molecule has 1 heterocycles. The van der Waals surface area contributed by atoms with Gasteiger partial charge in [0.2, 0.25) is 0 Å². The summed E-state index contributed by atoms with van der Waals surface area (Å²) in [4.78, 5) is 28.7. The second-order valence-electron chi connectivity index (χ2n) is 6.62. The van der Waals surface area contributed by atoms with Crippen LogP contribution in [0.5, 0.6) is 11.5 Å². The molecule has 7 nitrogen and oxygen atoms in total. The number of nitrogens with one attached hydrogen (secondary N) is 1. The highest BCUT2D eigenvalue weighted by Crippen LogP contribution is 2.32. The number of benzene rings is 1. The van der Waals surface area contributed by atoms with Gasteiger partial charge in [0.15, 0.2) is 0 Å². The van der Waals surface area contributed by atoms with E-state index in [1.165, 1.54) is 6.92 Å². The van der Waals surface area contributed by atoms with Crippen LogP contribution in [0.25, 0.3) is 10.9 Å². The second kappa shape index (κ2) is 8.71. The predicted molar refractivity (Wildman–Crippen MR) is 98.8 cm³/mol. The van der Waals surface area contributed by atoms with E-state index in [1.54, 1.807) is 18.2 Å². The van der Waals surface area contributed by atoms with Gasteiger partial charge in [-0.25, -0.2) is 4.79 Å². The molecule has 0 aliphatic rings. The lowest BCUT2D eigenvalue weighted by atomic mass is 10.2. The van der Waals surface area contributed by atoms with E-state index in [9.17, 15) is 9.59 Å². The number of carbonyl (C=O) groups is 2. The first-order chi connectivity index (χ1) is 12.3. The van der Waals surface area contributed by atoms with Crippen LogP contribution in [0.2, 0.25) is 0 Å². The zero-order valence-electron chi connectivity index (χ0n) is 15.9. The summed E-state index contributed by atoms with van der Waals surface area (Å²) in [6, 6.07) is 5.04. The molecule has 2 aromatic rings. The van der Waals surface area contributed by atoms with Crippen LogP contribution >= 0.6 is 0 Å². The van der Waals surface area contributed by atoms with E-state index in [0.717, 1.165) is 13.0 Å². The van der Waals surface area contributed by atoms with Gasteiger partial charge in [0, 0.05) is 31.0 Å². The first-order valence-electron chi connectivity index (χ1n) is 8.60. The fraction of sp³-hybridized carbons (Fsp3) is 0.474. The topological polar surface area (TPSA) is 80.9 Å². The number of aromatic amines is 1. The lowest BCUT2D eigenvalue weighted by Crippen LogP contribution is -2.16. The molecular formula is C19H26N2O5. The highest BCUT2D eigenvalue weighted by molar-refractivity contribution is 5.98. The normalized spacial score (nSPS) is 11.2. The Bertz CT molecular complexity index is 780. The van der Waals surface area contributed by atoms with Crippen molar-refractivity contribution in [3.05, 3.63) is 23.9 Å². The van der Waals surface area contributed by atoms with E-state index in [2.05, 4.69) is 4.98 Å². The van der Waals surface area contributed by atoms with E-state index >= 15 is 0 Å². The summed E-state index contributed by atoms with van der Waals surface area (Å²) >= 11 is 0. The first-order valence-corrected chi connectivity index (χ1v) is 8.60. The van der Waals surface area contributed by atoms with E-state index in [4.69, 9.17) is 14.2 Å². The van der Waals surface area contributed by atoms with Crippen LogP contribution in [0, 0.1) is 0 Å². The Balaban J connectivity index is 2.24. The van der Waals surface area contributed by atoms with Crippen LogP contribution in [0.4, 0.5) is 0 Å². The Labute approximate surface area is 153 Å². The fourth-order valence-corrected chi connectivity index (χ4v) is 2.49. The number of esters is 2. The van der Waals surface area contributed by atoms with Gasteiger partial charge in [0.05, 0.1) is 18.2 Å². The van der Waals surface area contributed by atoms with E-state index in [1.807, 2.05) is 32.8 Å². The molecule has 0 fully saturated rings. The molecule has 1 N–H and O–H groups in total. The Morgan fingerprint density at radius 2 is 1.92 bits per heavy atom. The third-order valence-electron chi connectivity index (χ3n) is 3.50. The summed E-state index contributed by atoms with van der Waals surface area (Å²) in [7, 11) is 3.93. The number of nitrogens with zero attached hydrogens (tertiary/aromatic N) is 1. The lowest BCUT2D eigenvalue weighted by molar-refractivity contribution is -0.131. The van der Waals surface area contributed by atoms with Gasteiger partial charge in [-0.2, -0.15) is 0 Å². The van der Waals surface area contributed by atoms with Crippen LogP contribution in [0.1, 0.15) is 37.7 Å². The van der Waals surface area contributed by atoms with Gasteiger partial charge in [-0.15, -0.1) is 0 Å². The van der Waals surface area contributed by atoms with Crippen LogP contribution in [-0.4, -0.2) is 55.2 Å². The summed E-state index contributed by atoms with van der Waals surface area (Å²) < 4.78 is 16.2. The maximum absolute atomic E-state index is 12.2. The van der Waals surface area contributed by atoms with E-state index in [-0.39, 0.29) is 6.10 Å². The molecule has 0 aliphatic heterocycles. The number of hydrogen-bond donors (Lipinski definition) is 1. The van der Waals surface area contributed by atoms with Gasteiger partial charge in [-0.3, -0.25) is 4.79 Å². The molecule has 0 radical (unpaired) electrons. The number of fused-ring (bicyclic) bond motifs is 1. The Kier molecular flexibility index (Phi) is 6.63. The minimum absolute atomic E-state index is 0.0336.